The number of hydrogen-bond acceptors (Lipinski definition) is 7. The smallest absolute Gasteiger partial charge is 0.272 e. The van der Waals surface area contributed by atoms with Crippen LogP contribution in [0.1, 0.15) is 71.2 Å². The van der Waals surface area contributed by atoms with Gasteiger partial charge < -0.3 is 5.32 Å². The molecule has 0 atom stereocenters. The van der Waals surface area contributed by atoms with Crippen molar-refractivity contribution < 1.29 is 22.8 Å². The minimum absolute atomic E-state index is 0.154. The van der Waals surface area contributed by atoms with Crippen LogP contribution in [0.5, 0.6) is 0 Å². The molecule has 1 fully saturated rings. The molecule has 0 unspecified atom stereocenters. The van der Waals surface area contributed by atoms with Gasteiger partial charge in [0.25, 0.3) is 11.8 Å². The Balaban J connectivity index is 1.56. The summed E-state index contributed by atoms with van der Waals surface area (Å²) in [6.07, 6.45) is 3.36. The average Bonchev–Trinajstić information content (AvgIpc) is 3.24. The second kappa shape index (κ2) is 11.3. The highest BCUT2D eigenvalue weighted by Gasteiger charge is 2.30. The molecule has 12 heteroatoms. The number of thiophene rings is 1. The fraction of sp³-hybridized carbons (Fsp3) is 0.480. The third-order valence-electron chi connectivity index (χ3n) is 6.69. The number of nitrogens with zero attached hydrogens (tertiary/aromatic N) is 2. The number of nitrogens with one attached hydrogen (secondary N) is 3. The molecule has 0 radical (unpaired) electrons. The number of anilines is 1. The first-order chi connectivity index (χ1) is 17.6. The van der Waals surface area contributed by atoms with Crippen molar-refractivity contribution in [2.24, 2.45) is 0 Å². The number of amides is 3. The van der Waals surface area contributed by atoms with Crippen LogP contribution in [-0.2, 0) is 27.8 Å². The maximum atomic E-state index is 13.1. The molecule has 2 aliphatic rings. The van der Waals surface area contributed by atoms with Crippen molar-refractivity contribution in [2.45, 2.75) is 63.9 Å². The van der Waals surface area contributed by atoms with Crippen molar-refractivity contribution in [3.63, 3.8) is 0 Å². The number of sulfonamides is 1. The van der Waals surface area contributed by atoms with Gasteiger partial charge in [0.1, 0.15) is 5.00 Å². The maximum absolute atomic E-state index is 13.1. The number of hydrazine groups is 1. The number of rotatable bonds is 6. The molecular weight excluding hydrogens is 514 g/mol. The maximum Gasteiger partial charge on any atom is 0.272 e. The number of piperidine rings is 1. The highest BCUT2D eigenvalue weighted by Crippen LogP contribution is 2.38. The molecule has 1 aromatic heterocycles. The molecule has 0 saturated carbocycles. The van der Waals surface area contributed by atoms with E-state index in [1.807, 2.05) is 0 Å². The van der Waals surface area contributed by atoms with E-state index in [9.17, 15) is 22.8 Å². The predicted octanol–water partition coefficient (Wildman–Crippen LogP) is 2.72. The van der Waals surface area contributed by atoms with E-state index in [0.29, 0.717) is 42.7 Å². The van der Waals surface area contributed by atoms with Crippen molar-refractivity contribution in [1.82, 2.24) is 20.1 Å². The first-order valence-corrected chi connectivity index (χ1v) is 14.7. The minimum atomic E-state index is -3.60. The molecule has 1 saturated heterocycles. The quantitative estimate of drug-likeness (QED) is 0.477. The van der Waals surface area contributed by atoms with E-state index in [2.05, 4.69) is 34.9 Å². The molecule has 0 spiro atoms. The van der Waals surface area contributed by atoms with Gasteiger partial charge in [-0.05, 0) is 62.9 Å². The van der Waals surface area contributed by atoms with Gasteiger partial charge in [0.2, 0.25) is 15.9 Å². The SMILES string of the molecule is CC(=O)NNC(=O)c1c(NC(=O)c2ccc(S(=O)(=O)N3CCCCC3)cc2)sc2c1CCN(C(C)C)C2. The molecule has 200 valence electrons. The molecule has 3 amide bonds. The Labute approximate surface area is 221 Å². The molecule has 4 rings (SSSR count). The van der Waals surface area contributed by atoms with Crippen molar-refractivity contribution >= 4 is 44.1 Å². The standard InChI is InChI=1S/C25H33N5O5S2/c1-16(2)29-14-11-20-21(15-29)36-25(22(20)24(33)28-27-17(3)31)26-23(32)18-7-9-19(10-8-18)37(34,35)30-12-5-4-6-13-30/h7-10,16H,4-6,11-15H2,1-3H3,(H,26,32)(H,27,31)(H,28,33). The van der Waals surface area contributed by atoms with Gasteiger partial charge in [-0.25, -0.2) is 8.42 Å². The van der Waals surface area contributed by atoms with Gasteiger partial charge in [-0.1, -0.05) is 6.42 Å². The molecule has 2 aliphatic heterocycles. The van der Waals surface area contributed by atoms with Gasteiger partial charge in [-0.3, -0.25) is 30.1 Å². The molecule has 10 nitrogen and oxygen atoms in total. The molecule has 37 heavy (non-hydrogen) atoms. The molecule has 3 N–H and O–H groups in total. The Bertz CT molecular complexity index is 1280. The zero-order valence-electron chi connectivity index (χ0n) is 21.3. The van der Waals surface area contributed by atoms with Crippen LogP contribution in [0.15, 0.2) is 29.2 Å². The largest absolute Gasteiger partial charge is 0.313 e. The first kappa shape index (κ1) is 27.2. The Morgan fingerprint density at radius 2 is 1.62 bits per heavy atom. The topological polar surface area (TPSA) is 128 Å². The Morgan fingerprint density at radius 3 is 2.24 bits per heavy atom. The van der Waals surface area contributed by atoms with Crippen LogP contribution in [0.25, 0.3) is 0 Å². The van der Waals surface area contributed by atoms with Crippen LogP contribution >= 0.6 is 11.3 Å². The third-order valence-corrected chi connectivity index (χ3v) is 9.74. The lowest BCUT2D eigenvalue weighted by atomic mass is 10.0. The van der Waals surface area contributed by atoms with Gasteiger partial charge in [-0.2, -0.15) is 4.31 Å². The number of hydrogen-bond donors (Lipinski definition) is 3. The summed E-state index contributed by atoms with van der Waals surface area (Å²) in [7, 11) is -3.60. The van der Waals surface area contributed by atoms with Crippen LogP contribution in [0, 0.1) is 0 Å². The summed E-state index contributed by atoms with van der Waals surface area (Å²) in [5.74, 6) is -1.35. The van der Waals surface area contributed by atoms with Crippen LogP contribution in [-0.4, -0.2) is 61.0 Å². The molecule has 3 heterocycles. The van der Waals surface area contributed by atoms with E-state index < -0.39 is 27.7 Å². The number of benzene rings is 1. The van der Waals surface area contributed by atoms with E-state index in [1.54, 1.807) is 0 Å². The van der Waals surface area contributed by atoms with Crippen LogP contribution in [0.3, 0.4) is 0 Å². The second-order valence-corrected chi connectivity index (χ2v) is 12.6. The molecular formula is C25H33N5O5S2. The van der Waals surface area contributed by atoms with Crippen LogP contribution in [0.4, 0.5) is 5.00 Å². The van der Waals surface area contributed by atoms with Crippen molar-refractivity contribution in [3.05, 3.63) is 45.8 Å². The summed E-state index contributed by atoms with van der Waals surface area (Å²) in [6.45, 7) is 7.97. The van der Waals surface area contributed by atoms with Crippen LogP contribution in [0.2, 0.25) is 0 Å². The van der Waals surface area contributed by atoms with Gasteiger partial charge in [-0.15, -0.1) is 11.3 Å². The van der Waals surface area contributed by atoms with Crippen molar-refractivity contribution in [3.8, 4) is 0 Å². The summed E-state index contributed by atoms with van der Waals surface area (Å²) in [6, 6.07) is 6.20. The van der Waals surface area contributed by atoms with E-state index >= 15 is 0 Å². The van der Waals surface area contributed by atoms with Crippen molar-refractivity contribution in [1.29, 1.82) is 0 Å². The molecule has 1 aromatic carbocycles. The van der Waals surface area contributed by atoms with E-state index in [0.717, 1.165) is 36.2 Å². The summed E-state index contributed by atoms with van der Waals surface area (Å²) in [5.41, 5.74) is 6.20. The summed E-state index contributed by atoms with van der Waals surface area (Å²) in [4.78, 5) is 40.9. The monoisotopic (exact) mass is 547 g/mol. The normalized spacial score (nSPS) is 16.8. The van der Waals surface area contributed by atoms with Crippen molar-refractivity contribution in [2.75, 3.05) is 25.0 Å². The van der Waals surface area contributed by atoms with Gasteiger partial charge >= 0.3 is 0 Å². The zero-order valence-corrected chi connectivity index (χ0v) is 22.9. The molecule has 0 bridgehead atoms. The average molecular weight is 548 g/mol. The number of fused-ring (bicyclic) bond motifs is 1. The molecule has 2 aromatic rings. The van der Waals surface area contributed by atoms with E-state index in [4.69, 9.17) is 0 Å². The fourth-order valence-electron chi connectivity index (χ4n) is 4.61. The summed E-state index contributed by atoms with van der Waals surface area (Å²) in [5, 5.41) is 3.24. The lowest BCUT2D eigenvalue weighted by molar-refractivity contribution is -0.119. The predicted molar refractivity (Wildman–Crippen MR) is 142 cm³/mol. The third kappa shape index (κ3) is 6.03. The molecule has 0 aliphatic carbocycles. The lowest BCUT2D eigenvalue weighted by Gasteiger charge is -2.30. The Morgan fingerprint density at radius 1 is 0.946 bits per heavy atom. The highest BCUT2D eigenvalue weighted by atomic mass is 32.2. The summed E-state index contributed by atoms with van der Waals surface area (Å²) >= 11 is 1.35. The Hall–Kier alpha value is -2.80. The Kier molecular flexibility index (Phi) is 8.32. The van der Waals surface area contributed by atoms with E-state index in [-0.39, 0.29) is 10.5 Å². The fourth-order valence-corrected chi connectivity index (χ4v) is 7.39. The minimum Gasteiger partial charge on any atom is -0.313 e. The summed E-state index contributed by atoms with van der Waals surface area (Å²) < 4.78 is 27.3. The van der Waals surface area contributed by atoms with E-state index in [1.165, 1.54) is 46.8 Å². The van der Waals surface area contributed by atoms with Gasteiger partial charge in [0.15, 0.2) is 0 Å². The number of carbonyl (C=O) groups is 3. The highest BCUT2D eigenvalue weighted by molar-refractivity contribution is 7.89. The van der Waals surface area contributed by atoms with Gasteiger partial charge in [0, 0.05) is 49.6 Å². The van der Waals surface area contributed by atoms with Crippen LogP contribution < -0.4 is 16.2 Å². The second-order valence-electron chi connectivity index (χ2n) is 9.60. The van der Waals surface area contributed by atoms with Gasteiger partial charge in [0.05, 0.1) is 10.5 Å². The number of carbonyl (C=O) groups excluding carboxylic acids is 3. The lowest BCUT2D eigenvalue weighted by Crippen LogP contribution is -2.41. The zero-order chi connectivity index (χ0) is 26.7. The first-order valence-electron chi connectivity index (χ1n) is 12.4.